The van der Waals surface area contributed by atoms with Crippen molar-refractivity contribution in [3.63, 3.8) is 0 Å². The van der Waals surface area contributed by atoms with Crippen LogP contribution in [0.5, 0.6) is 11.5 Å². The summed E-state index contributed by atoms with van der Waals surface area (Å²) >= 11 is 0. The Morgan fingerprint density at radius 1 is 1.55 bits per heavy atom. The van der Waals surface area contributed by atoms with Gasteiger partial charge in [-0.2, -0.15) is 0 Å². The molecule has 0 saturated heterocycles. The topological polar surface area (TPSA) is 55.5 Å². The van der Waals surface area contributed by atoms with Gasteiger partial charge in [0.1, 0.15) is 11.5 Å². The fourth-order valence-corrected chi connectivity index (χ4v) is 0.804. The van der Waals surface area contributed by atoms with Crippen LogP contribution in [0.2, 0.25) is 0 Å². The van der Waals surface area contributed by atoms with Gasteiger partial charge < -0.3 is 15.6 Å². The van der Waals surface area contributed by atoms with Crippen molar-refractivity contribution >= 4 is 5.69 Å². The van der Waals surface area contributed by atoms with Gasteiger partial charge in [-0.15, -0.1) is 0 Å². The van der Waals surface area contributed by atoms with E-state index in [0.29, 0.717) is 18.0 Å². The highest BCUT2D eigenvalue weighted by Crippen LogP contribution is 2.25. The minimum absolute atomic E-state index is 0.169. The Balaban J connectivity index is 2.93. The van der Waals surface area contributed by atoms with Gasteiger partial charge >= 0.3 is 0 Å². The Hall–Kier alpha value is -1.38. The molecular formula is C8H11NO2. The Kier molecular flexibility index (Phi) is 2.21. The molecule has 0 unspecified atom stereocenters. The first-order valence-corrected chi connectivity index (χ1v) is 3.45. The van der Waals surface area contributed by atoms with Crippen LogP contribution in [0.4, 0.5) is 5.69 Å². The quantitative estimate of drug-likeness (QED) is 0.498. The van der Waals surface area contributed by atoms with Crippen molar-refractivity contribution in [1.82, 2.24) is 0 Å². The summed E-state index contributed by atoms with van der Waals surface area (Å²) in [5.74, 6) is 0.704. The Bertz CT molecular complexity index is 248. The fraction of sp³-hybridized carbons (Fsp3) is 0.250. The first-order valence-electron chi connectivity index (χ1n) is 3.45. The number of hydrogen-bond donors (Lipinski definition) is 2. The fourth-order valence-electron chi connectivity index (χ4n) is 0.804. The van der Waals surface area contributed by atoms with Crippen LogP contribution in [0.15, 0.2) is 18.2 Å². The molecule has 11 heavy (non-hydrogen) atoms. The van der Waals surface area contributed by atoms with Crippen molar-refractivity contribution in [2.75, 3.05) is 12.3 Å². The van der Waals surface area contributed by atoms with E-state index in [0.717, 1.165) is 0 Å². The minimum Gasteiger partial charge on any atom is -0.508 e. The molecule has 60 valence electrons. The predicted molar refractivity (Wildman–Crippen MR) is 43.7 cm³/mol. The van der Waals surface area contributed by atoms with Gasteiger partial charge in [0, 0.05) is 6.07 Å². The van der Waals surface area contributed by atoms with Crippen LogP contribution in [0.3, 0.4) is 0 Å². The molecule has 0 aliphatic rings. The van der Waals surface area contributed by atoms with E-state index in [-0.39, 0.29) is 5.75 Å². The van der Waals surface area contributed by atoms with Crippen molar-refractivity contribution in [3.05, 3.63) is 18.2 Å². The van der Waals surface area contributed by atoms with E-state index in [9.17, 15) is 0 Å². The molecule has 1 rings (SSSR count). The van der Waals surface area contributed by atoms with Gasteiger partial charge in [-0.05, 0) is 19.1 Å². The van der Waals surface area contributed by atoms with Crippen LogP contribution in [0.25, 0.3) is 0 Å². The lowest BCUT2D eigenvalue weighted by Crippen LogP contribution is -1.95. The second-order valence-electron chi connectivity index (χ2n) is 2.16. The number of nitrogen functional groups attached to an aromatic ring is 1. The van der Waals surface area contributed by atoms with Gasteiger partial charge in [0.15, 0.2) is 0 Å². The van der Waals surface area contributed by atoms with E-state index in [4.69, 9.17) is 15.6 Å². The highest BCUT2D eigenvalue weighted by atomic mass is 16.5. The van der Waals surface area contributed by atoms with Gasteiger partial charge in [0.05, 0.1) is 12.3 Å². The van der Waals surface area contributed by atoms with Crippen LogP contribution in [-0.4, -0.2) is 11.7 Å². The summed E-state index contributed by atoms with van der Waals surface area (Å²) in [6, 6.07) is 4.64. The third-order valence-electron chi connectivity index (χ3n) is 1.30. The number of phenolic OH excluding ortho intramolecular Hbond substituents is 1. The smallest absolute Gasteiger partial charge is 0.145 e. The number of nitrogens with two attached hydrogens (primary N) is 1. The van der Waals surface area contributed by atoms with Gasteiger partial charge in [-0.3, -0.25) is 0 Å². The molecule has 0 fully saturated rings. The summed E-state index contributed by atoms with van der Waals surface area (Å²) in [4.78, 5) is 0. The zero-order chi connectivity index (χ0) is 8.27. The zero-order valence-corrected chi connectivity index (χ0v) is 6.37. The Morgan fingerprint density at radius 3 is 2.91 bits per heavy atom. The molecule has 1 aromatic rings. The maximum atomic E-state index is 9.03. The van der Waals surface area contributed by atoms with Crippen LogP contribution in [-0.2, 0) is 0 Å². The predicted octanol–water partition coefficient (Wildman–Crippen LogP) is 1.37. The van der Waals surface area contributed by atoms with Crippen molar-refractivity contribution in [3.8, 4) is 11.5 Å². The lowest BCUT2D eigenvalue weighted by atomic mass is 10.3. The largest absolute Gasteiger partial charge is 0.508 e. The van der Waals surface area contributed by atoms with Crippen molar-refractivity contribution in [2.24, 2.45) is 0 Å². The normalized spacial score (nSPS) is 9.55. The molecule has 0 heterocycles. The first-order chi connectivity index (χ1) is 5.24. The summed E-state index contributed by atoms with van der Waals surface area (Å²) < 4.78 is 5.13. The van der Waals surface area contributed by atoms with E-state index in [1.807, 2.05) is 6.92 Å². The van der Waals surface area contributed by atoms with E-state index in [2.05, 4.69) is 0 Å². The summed E-state index contributed by atoms with van der Waals surface area (Å²) in [6.07, 6.45) is 0. The molecule has 3 heteroatoms. The third-order valence-corrected chi connectivity index (χ3v) is 1.30. The SMILES string of the molecule is CCOc1cc(O)ccc1N. The Morgan fingerprint density at radius 2 is 2.27 bits per heavy atom. The average molecular weight is 153 g/mol. The molecule has 3 N–H and O–H groups in total. The van der Waals surface area contributed by atoms with E-state index >= 15 is 0 Å². The lowest BCUT2D eigenvalue weighted by molar-refractivity contribution is 0.339. The maximum absolute atomic E-state index is 9.03. The van der Waals surface area contributed by atoms with Crippen molar-refractivity contribution < 1.29 is 9.84 Å². The monoisotopic (exact) mass is 153 g/mol. The second kappa shape index (κ2) is 3.14. The minimum atomic E-state index is 0.169. The van der Waals surface area contributed by atoms with Gasteiger partial charge in [0.25, 0.3) is 0 Å². The van der Waals surface area contributed by atoms with E-state index in [1.54, 1.807) is 6.07 Å². The molecule has 0 amide bonds. The number of benzene rings is 1. The lowest BCUT2D eigenvalue weighted by Gasteiger charge is -2.05. The standard InChI is InChI=1S/C8H11NO2/c1-2-11-8-5-6(10)3-4-7(8)9/h3-5,10H,2,9H2,1H3. The molecule has 3 nitrogen and oxygen atoms in total. The molecule has 0 bridgehead atoms. The summed E-state index contributed by atoms with van der Waals surface area (Å²) in [7, 11) is 0. The van der Waals surface area contributed by atoms with E-state index in [1.165, 1.54) is 12.1 Å². The van der Waals surface area contributed by atoms with Crippen LogP contribution in [0, 0.1) is 0 Å². The van der Waals surface area contributed by atoms with Gasteiger partial charge in [-0.1, -0.05) is 0 Å². The van der Waals surface area contributed by atoms with Gasteiger partial charge in [0.2, 0.25) is 0 Å². The zero-order valence-electron chi connectivity index (χ0n) is 6.37. The number of phenols is 1. The molecule has 0 spiro atoms. The number of anilines is 1. The average Bonchev–Trinajstić information content (AvgIpc) is 1.98. The van der Waals surface area contributed by atoms with E-state index < -0.39 is 0 Å². The molecule has 0 aromatic heterocycles. The van der Waals surface area contributed by atoms with Crippen LogP contribution >= 0.6 is 0 Å². The van der Waals surface area contributed by atoms with Crippen LogP contribution < -0.4 is 10.5 Å². The second-order valence-corrected chi connectivity index (χ2v) is 2.16. The van der Waals surface area contributed by atoms with Gasteiger partial charge in [-0.25, -0.2) is 0 Å². The summed E-state index contributed by atoms with van der Waals surface area (Å²) in [5.41, 5.74) is 6.09. The first kappa shape index (κ1) is 7.72. The molecule has 1 aromatic carbocycles. The van der Waals surface area contributed by atoms with Crippen LogP contribution in [0.1, 0.15) is 6.92 Å². The highest BCUT2D eigenvalue weighted by molar-refractivity contribution is 5.55. The summed E-state index contributed by atoms with van der Waals surface area (Å²) in [6.45, 7) is 2.41. The summed E-state index contributed by atoms with van der Waals surface area (Å²) in [5, 5.41) is 9.03. The highest BCUT2D eigenvalue weighted by Gasteiger charge is 1.99. The number of hydrogen-bond acceptors (Lipinski definition) is 3. The molecule has 0 saturated carbocycles. The number of aromatic hydroxyl groups is 1. The van der Waals surface area contributed by atoms with Crippen molar-refractivity contribution in [1.29, 1.82) is 0 Å². The molecular weight excluding hydrogens is 142 g/mol. The molecule has 0 radical (unpaired) electrons. The molecule has 0 aliphatic carbocycles. The van der Waals surface area contributed by atoms with Crippen molar-refractivity contribution in [2.45, 2.75) is 6.92 Å². The number of ether oxygens (including phenoxy) is 1. The number of rotatable bonds is 2. The Labute approximate surface area is 65.4 Å². The molecule has 0 atom stereocenters. The molecule has 0 aliphatic heterocycles. The third kappa shape index (κ3) is 1.77. The maximum Gasteiger partial charge on any atom is 0.145 e.